The second-order valence-corrected chi connectivity index (χ2v) is 6.79. The number of pyridine rings is 1. The predicted molar refractivity (Wildman–Crippen MR) is 98.3 cm³/mol. The molecule has 1 aromatic rings. The first-order chi connectivity index (χ1) is 11.3. The minimum absolute atomic E-state index is 0.715. The Labute approximate surface area is 143 Å². The molecule has 1 aliphatic carbocycles. The maximum atomic E-state index is 5.72. The molecular formula is C17H28N4OS. The van der Waals surface area contributed by atoms with E-state index in [4.69, 9.17) is 4.74 Å². The van der Waals surface area contributed by atoms with E-state index in [1.165, 1.54) is 25.0 Å². The molecule has 128 valence electrons. The summed E-state index contributed by atoms with van der Waals surface area (Å²) in [6.45, 7) is 2.46. The minimum Gasteiger partial charge on any atom is -0.477 e. The molecule has 1 aliphatic rings. The van der Waals surface area contributed by atoms with Crippen molar-refractivity contribution in [3.05, 3.63) is 23.9 Å². The summed E-state index contributed by atoms with van der Waals surface area (Å²) in [5, 5.41) is 6.68. The predicted octanol–water partition coefficient (Wildman–Crippen LogP) is 2.68. The van der Waals surface area contributed by atoms with Gasteiger partial charge in [0.2, 0.25) is 5.88 Å². The number of nitrogens with zero attached hydrogens (tertiary/aromatic N) is 2. The van der Waals surface area contributed by atoms with Crippen LogP contribution in [0.4, 0.5) is 0 Å². The first-order valence-corrected chi connectivity index (χ1v) is 9.72. The fraction of sp³-hybridized carbons (Fsp3) is 0.647. The molecule has 0 saturated heterocycles. The third kappa shape index (κ3) is 7.59. The van der Waals surface area contributed by atoms with Crippen LogP contribution < -0.4 is 15.4 Å². The lowest BCUT2D eigenvalue weighted by atomic mass is 10.2. The van der Waals surface area contributed by atoms with Crippen LogP contribution in [0.15, 0.2) is 23.3 Å². The number of aliphatic imine (C=N–C) groups is 1. The second kappa shape index (κ2) is 10.4. The van der Waals surface area contributed by atoms with E-state index in [1.54, 1.807) is 13.2 Å². The van der Waals surface area contributed by atoms with Crippen molar-refractivity contribution >= 4 is 17.7 Å². The summed E-state index contributed by atoms with van der Waals surface area (Å²) in [7, 11) is 1.80. The number of thioether (sulfide) groups is 1. The fourth-order valence-electron chi connectivity index (χ4n) is 2.11. The van der Waals surface area contributed by atoms with E-state index >= 15 is 0 Å². The van der Waals surface area contributed by atoms with Crippen LogP contribution in [0.25, 0.3) is 0 Å². The maximum Gasteiger partial charge on any atom is 0.213 e. The van der Waals surface area contributed by atoms with Gasteiger partial charge in [0.05, 0.1) is 6.61 Å². The van der Waals surface area contributed by atoms with Gasteiger partial charge in [0.1, 0.15) is 0 Å². The van der Waals surface area contributed by atoms with Crippen molar-refractivity contribution in [2.45, 2.75) is 32.2 Å². The van der Waals surface area contributed by atoms with E-state index in [-0.39, 0.29) is 0 Å². The minimum atomic E-state index is 0.715. The highest BCUT2D eigenvalue weighted by Crippen LogP contribution is 2.29. The zero-order valence-corrected chi connectivity index (χ0v) is 15.0. The van der Waals surface area contributed by atoms with Gasteiger partial charge in [-0.1, -0.05) is 0 Å². The molecule has 2 rings (SSSR count). The second-order valence-electron chi connectivity index (χ2n) is 5.81. The molecule has 0 amide bonds. The van der Waals surface area contributed by atoms with Gasteiger partial charge < -0.3 is 15.4 Å². The lowest BCUT2D eigenvalue weighted by Crippen LogP contribution is -2.37. The normalized spacial score (nSPS) is 14.6. The molecule has 1 heterocycles. The van der Waals surface area contributed by atoms with Crippen molar-refractivity contribution in [1.82, 2.24) is 15.6 Å². The number of rotatable bonds is 10. The van der Waals surface area contributed by atoms with Crippen molar-refractivity contribution in [2.24, 2.45) is 10.9 Å². The Morgan fingerprint density at radius 3 is 3.00 bits per heavy atom. The first-order valence-electron chi connectivity index (χ1n) is 8.33. The number of ether oxygens (including phenoxy) is 1. The van der Waals surface area contributed by atoms with Gasteiger partial charge in [-0.25, -0.2) is 4.98 Å². The molecule has 0 spiro atoms. The Bertz CT molecular complexity index is 491. The molecule has 5 nitrogen and oxygen atoms in total. The van der Waals surface area contributed by atoms with Crippen LogP contribution in [0.5, 0.6) is 5.88 Å². The fourth-order valence-corrected chi connectivity index (χ4v) is 2.60. The van der Waals surface area contributed by atoms with Crippen LogP contribution in [-0.4, -0.2) is 43.2 Å². The van der Waals surface area contributed by atoms with Crippen LogP contribution >= 0.6 is 11.8 Å². The van der Waals surface area contributed by atoms with Gasteiger partial charge in [-0.05, 0) is 55.2 Å². The van der Waals surface area contributed by atoms with Crippen LogP contribution in [-0.2, 0) is 6.54 Å². The lowest BCUT2D eigenvalue weighted by molar-refractivity contribution is 0.288. The summed E-state index contributed by atoms with van der Waals surface area (Å²) >= 11 is 1.89. The lowest BCUT2D eigenvalue weighted by Gasteiger charge is -2.12. The summed E-state index contributed by atoms with van der Waals surface area (Å²) in [6.07, 6.45) is 8.93. The van der Waals surface area contributed by atoms with E-state index in [9.17, 15) is 0 Å². The third-order valence-corrected chi connectivity index (χ3v) is 4.41. The average Bonchev–Trinajstić information content (AvgIpc) is 3.40. The number of nitrogens with one attached hydrogen (secondary N) is 2. The smallest absolute Gasteiger partial charge is 0.213 e. The van der Waals surface area contributed by atoms with Crippen molar-refractivity contribution in [2.75, 3.05) is 32.2 Å². The SMILES string of the molecule is CN=C(NCCCCSC)NCc1ccnc(OCC2CC2)c1. The van der Waals surface area contributed by atoms with Crippen LogP contribution in [0.1, 0.15) is 31.2 Å². The van der Waals surface area contributed by atoms with Crippen molar-refractivity contribution < 1.29 is 4.74 Å². The molecule has 0 unspecified atom stereocenters. The topological polar surface area (TPSA) is 58.5 Å². The zero-order valence-electron chi connectivity index (χ0n) is 14.2. The highest BCUT2D eigenvalue weighted by molar-refractivity contribution is 7.98. The number of hydrogen-bond donors (Lipinski definition) is 2. The van der Waals surface area contributed by atoms with Gasteiger partial charge in [0.25, 0.3) is 0 Å². The molecule has 23 heavy (non-hydrogen) atoms. The zero-order chi connectivity index (χ0) is 16.3. The molecule has 0 aromatic carbocycles. The van der Waals surface area contributed by atoms with Crippen molar-refractivity contribution in [3.8, 4) is 5.88 Å². The first kappa shape index (κ1) is 17.9. The monoisotopic (exact) mass is 336 g/mol. The van der Waals surface area contributed by atoms with Gasteiger partial charge in [0.15, 0.2) is 5.96 Å². The van der Waals surface area contributed by atoms with Crippen molar-refractivity contribution in [1.29, 1.82) is 0 Å². The standard InChI is InChI=1S/C17H28N4OS/c1-18-17(20-8-3-4-10-23-2)21-12-15-7-9-19-16(11-15)22-13-14-5-6-14/h7,9,11,14H,3-6,8,10,12-13H2,1-2H3,(H2,18,20,21). The molecule has 1 saturated carbocycles. The van der Waals surface area contributed by atoms with Gasteiger partial charge >= 0.3 is 0 Å². The van der Waals surface area contributed by atoms with Crippen LogP contribution in [0, 0.1) is 5.92 Å². The summed E-state index contributed by atoms with van der Waals surface area (Å²) in [5.74, 6) is 3.52. The number of aromatic nitrogens is 1. The molecule has 0 atom stereocenters. The summed E-state index contributed by atoms with van der Waals surface area (Å²) in [4.78, 5) is 8.52. The van der Waals surface area contributed by atoms with Gasteiger partial charge in [-0.2, -0.15) is 11.8 Å². The van der Waals surface area contributed by atoms with E-state index in [1.807, 2.05) is 23.9 Å². The molecule has 6 heteroatoms. The Morgan fingerprint density at radius 1 is 1.39 bits per heavy atom. The van der Waals surface area contributed by atoms with E-state index in [0.717, 1.165) is 42.9 Å². The summed E-state index contributed by atoms with van der Waals surface area (Å²) < 4.78 is 5.72. The molecule has 1 fully saturated rings. The van der Waals surface area contributed by atoms with Gasteiger partial charge in [-0.3, -0.25) is 4.99 Å². The quantitative estimate of drug-likeness (QED) is 0.391. The highest BCUT2D eigenvalue weighted by Gasteiger charge is 2.22. The molecule has 0 bridgehead atoms. The van der Waals surface area contributed by atoms with Crippen LogP contribution in [0.3, 0.4) is 0 Å². The Balaban J connectivity index is 1.69. The van der Waals surface area contributed by atoms with E-state index < -0.39 is 0 Å². The summed E-state index contributed by atoms with van der Waals surface area (Å²) in [5.41, 5.74) is 1.15. The summed E-state index contributed by atoms with van der Waals surface area (Å²) in [6, 6.07) is 4.00. The Kier molecular flexibility index (Phi) is 8.07. The Hall–Kier alpha value is -1.43. The van der Waals surface area contributed by atoms with E-state index in [2.05, 4.69) is 26.9 Å². The highest BCUT2D eigenvalue weighted by atomic mass is 32.2. The third-order valence-electron chi connectivity index (χ3n) is 3.71. The number of guanidine groups is 1. The largest absolute Gasteiger partial charge is 0.477 e. The molecule has 0 aliphatic heterocycles. The van der Waals surface area contributed by atoms with Crippen molar-refractivity contribution in [3.63, 3.8) is 0 Å². The molecule has 1 aromatic heterocycles. The number of hydrogen-bond acceptors (Lipinski definition) is 4. The maximum absolute atomic E-state index is 5.72. The molecular weight excluding hydrogens is 308 g/mol. The van der Waals surface area contributed by atoms with Crippen LogP contribution in [0.2, 0.25) is 0 Å². The molecule has 0 radical (unpaired) electrons. The van der Waals surface area contributed by atoms with Gasteiger partial charge in [0, 0.05) is 32.4 Å². The Morgan fingerprint density at radius 2 is 2.26 bits per heavy atom. The number of unbranched alkanes of at least 4 members (excludes halogenated alkanes) is 1. The van der Waals surface area contributed by atoms with E-state index in [0.29, 0.717) is 6.54 Å². The average molecular weight is 337 g/mol. The van der Waals surface area contributed by atoms with Gasteiger partial charge in [-0.15, -0.1) is 0 Å². The molecule has 2 N–H and O–H groups in total.